The summed E-state index contributed by atoms with van der Waals surface area (Å²) in [5.41, 5.74) is 2.80. The zero-order valence-corrected chi connectivity index (χ0v) is 14.0. The third-order valence-electron chi connectivity index (χ3n) is 5.10. The van der Waals surface area contributed by atoms with Crippen LogP contribution in [-0.2, 0) is 22.6 Å². The van der Waals surface area contributed by atoms with Crippen molar-refractivity contribution in [3.05, 3.63) is 17.5 Å². The molecule has 1 unspecified atom stereocenters. The van der Waals surface area contributed by atoms with Crippen molar-refractivity contribution in [1.29, 1.82) is 0 Å². The summed E-state index contributed by atoms with van der Waals surface area (Å²) in [6.45, 7) is 5.65. The molecule has 0 N–H and O–H groups in total. The maximum Gasteiger partial charge on any atom is 0.0589 e. The molecule has 0 amide bonds. The Labute approximate surface area is 133 Å². The van der Waals surface area contributed by atoms with E-state index in [4.69, 9.17) is 14.6 Å². The first-order valence-corrected chi connectivity index (χ1v) is 8.56. The van der Waals surface area contributed by atoms with Gasteiger partial charge in [-0.25, -0.2) is 0 Å². The lowest BCUT2D eigenvalue weighted by Crippen LogP contribution is -2.38. The van der Waals surface area contributed by atoms with Crippen molar-refractivity contribution in [1.82, 2.24) is 14.7 Å². The predicted octanol–water partition coefficient (Wildman–Crippen LogP) is 2.27. The number of fused-ring (bicyclic) bond motifs is 1. The maximum absolute atomic E-state index is 5.49. The van der Waals surface area contributed by atoms with Gasteiger partial charge in [0.2, 0.25) is 0 Å². The molecule has 0 aromatic carbocycles. The average Bonchev–Trinajstić information content (AvgIpc) is 3.16. The molecule has 1 saturated carbocycles. The van der Waals surface area contributed by atoms with Gasteiger partial charge in [-0.1, -0.05) is 12.8 Å². The van der Waals surface area contributed by atoms with Crippen LogP contribution in [0.15, 0.2) is 6.20 Å². The largest absolute Gasteiger partial charge is 0.384 e. The lowest BCUT2D eigenvalue weighted by atomic mass is 9.96. The minimum absolute atomic E-state index is 0.425. The first-order valence-electron chi connectivity index (χ1n) is 8.56. The van der Waals surface area contributed by atoms with Gasteiger partial charge < -0.3 is 9.47 Å². The van der Waals surface area contributed by atoms with Gasteiger partial charge in [0.1, 0.15) is 0 Å². The van der Waals surface area contributed by atoms with Crippen LogP contribution in [0.25, 0.3) is 0 Å². The van der Waals surface area contributed by atoms with Crippen LogP contribution in [0, 0.1) is 5.92 Å². The first kappa shape index (κ1) is 16.0. The Kier molecular flexibility index (Phi) is 5.50. The van der Waals surface area contributed by atoms with E-state index in [1.807, 2.05) is 0 Å². The molecule has 1 fully saturated rings. The highest BCUT2D eigenvalue weighted by Gasteiger charge is 2.30. The van der Waals surface area contributed by atoms with E-state index in [9.17, 15) is 0 Å². The lowest BCUT2D eigenvalue weighted by molar-refractivity contribution is 0.107. The number of nitrogens with zero attached hydrogens (tertiary/aromatic N) is 3. The summed E-state index contributed by atoms with van der Waals surface area (Å²) < 4.78 is 13.0. The molecule has 0 spiro atoms. The van der Waals surface area contributed by atoms with Gasteiger partial charge in [-0.15, -0.1) is 0 Å². The van der Waals surface area contributed by atoms with Crippen LogP contribution in [0.4, 0.5) is 0 Å². The van der Waals surface area contributed by atoms with Crippen LogP contribution >= 0.6 is 0 Å². The fourth-order valence-electron chi connectivity index (χ4n) is 4.04. The van der Waals surface area contributed by atoms with Crippen LogP contribution in [0.2, 0.25) is 0 Å². The molecule has 1 aromatic rings. The number of hydrogen-bond donors (Lipinski definition) is 0. The van der Waals surface area contributed by atoms with E-state index in [1.165, 1.54) is 36.9 Å². The zero-order chi connectivity index (χ0) is 15.4. The van der Waals surface area contributed by atoms with E-state index >= 15 is 0 Å². The van der Waals surface area contributed by atoms with Gasteiger partial charge in [0.05, 0.1) is 19.4 Å². The molecule has 0 saturated heterocycles. The van der Waals surface area contributed by atoms with E-state index in [-0.39, 0.29) is 0 Å². The summed E-state index contributed by atoms with van der Waals surface area (Å²) in [7, 11) is 3.56. The molecule has 124 valence electrons. The summed E-state index contributed by atoms with van der Waals surface area (Å²) in [6, 6.07) is 0. The van der Waals surface area contributed by atoms with Gasteiger partial charge in [0, 0.05) is 57.6 Å². The Hall–Kier alpha value is -0.910. The number of aromatic nitrogens is 2. The van der Waals surface area contributed by atoms with Crippen molar-refractivity contribution in [3.8, 4) is 0 Å². The molecule has 1 aliphatic heterocycles. The zero-order valence-electron chi connectivity index (χ0n) is 14.0. The van der Waals surface area contributed by atoms with Gasteiger partial charge in [-0.05, 0) is 18.8 Å². The van der Waals surface area contributed by atoms with E-state index in [0.717, 1.165) is 45.3 Å². The number of ether oxygens (including phenoxy) is 2. The van der Waals surface area contributed by atoms with Gasteiger partial charge in [0.25, 0.3) is 0 Å². The third-order valence-corrected chi connectivity index (χ3v) is 5.10. The second-order valence-electron chi connectivity index (χ2n) is 6.77. The highest BCUT2D eigenvalue weighted by Crippen LogP contribution is 2.31. The third kappa shape index (κ3) is 3.53. The van der Waals surface area contributed by atoms with Gasteiger partial charge in [-0.3, -0.25) is 9.58 Å². The second kappa shape index (κ2) is 7.57. The SMILES string of the molecule is COCCN1Cc2cnn(CC3CCCC3)c2C(COC)C1. The molecular formula is C17H29N3O2. The first-order chi connectivity index (χ1) is 10.8. The van der Waals surface area contributed by atoms with Crippen molar-refractivity contribution in [2.24, 2.45) is 5.92 Å². The van der Waals surface area contributed by atoms with Crippen molar-refractivity contribution in [2.75, 3.05) is 40.5 Å². The molecule has 2 aliphatic rings. The average molecular weight is 307 g/mol. The monoisotopic (exact) mass is 307 g/mol. The normalized spacial score (nSPS) is 23.1. The van der Waals surface area contributed by atoms with Crippen LogP contribution in [-0.4, -0.2) is 55.2 Å². The summed E-state index contributed by atoms with van der Waals surface area (Å²) >= 11 is 0. The molecule has 22 heavy (non-hydrogen) atoms. The molecule has 0 radical (unpaired) electrons. The molecule has 3 rings (SSSR count). The summed E-state index contributed by atoms with van der Waals surface area (Å²) in [5.74, 6) is 1.24. The smallest absolute Gasteiger partial charge is 0.0589 e. The second-order valence-corrected chi connectivity index (χ2v) is 6.77. The highest BCUT2D eigenvalue weighted by molar-refractivity contribution is 5.25. The minimum atomic E-state index is 0.425. The topological polar surface area (TPSA) is 39.5 Å². The number of rotatable bonds is 7. The lowest BCUT2D eigenvalue weighted by Gasteiger charge is -2.33. The van der Waals surface area contributed by atoms with E-state index < -0.39 is 0 Å². The minimum Gasteiger partial charge on any atom is -0.384 e. The fourth-order valence-corrected chi connectivity index (χ4v) is 4.04. The molecule has 1 atom stereocenters. The van der Waals surface area contributed by atoms with Crippen molar-refractivity contribution in [3.63, 3.8) is 0 Å². The van der Waals surface area contributed by atoms with Crippen LogP contribution in [0.3, 0.4) is 0 Å². The van der Waals surface area contributed by atoms with Crippen LogP contribution < -0.4 is 0 Å². The van der Waals surface area contributed by atoms with Crippen molar-refractivity contribution in [2.45, 2.75) is 44.7 Å². The quantitative estimate of drug-likeness (QED) is 0.775. The number of hydrogen-bond acceptors (Lipinski definition) is 4. The molecule has 1 aliphatic carbocycles. The number of methoxy groups -OCH3 is 2. The Bertz CT molecular complexity index is 468. The predicted molar refractivity (Wildman–Crippen MR) is 86.0 cm³/mol. The summed E-state index contributed by atoms with van der Waals surface area (Å²) in [4.78, 5) is 2.46. The molecule has 1 aromatic heterocycles. The van der Waals surface area contributed by atoms with E-state index in [1.54, 1.807) is 14.2 Å². The molecule has 2 heterocycles. The molecular weight excluding hydrogens is 278 g/mol. The standard InChI is InChI=1S/C17H29N3O2/c1-21-8-7-19-11-15-9-18-20(10-14-5-3-4-6-14)17(15)16(12-19)13-22-2/h9,14,16H,3-8,10-13H2,1-2H3. The molecule has 5 heteroatoms. The fraction of sp³-hybridized carbons (Fsp3) is 0.824. The van der Waals surface area contributed by atoms with Crippen molar-refractivity contribution >= 4 is 0 Å². The summed E-state index contributed by atoms with van der Waals surface area (Å²) in [6.07, 6.45) is 7.58. The van der Waals surface area contributed by atoms with Gasteiger partial charge in [0.15, 0.2) is 0 Å². The highest BCUT2D eigenvalue weighted by atomic mass is 16.5. The molecule has 0 bridgehead atoms. The van der Waals surface area contributed by atoms with Crippen LogP contribution in [0.1, 0.15) is 42.9 Å². The Morgan fingerprint density at radius 3 is 2.77 bits per heavy atom. The van der Waals surface area contributed by atoms with E-state index in [0.29, 0.717) is 5.92 Å². The van der Waals surface area contributed by atoms with Crippen LogP contribution in [0.5, 0.6) is 0 Å². The van der Waals surface area contributed by atoms with Gasteiger partial charge in [-0.2, -0.15) is 5.10 Å². The Morgan fingerprint density at radius 2 is 2.05 bits per heavy atom. The van der Waals surface area contributed by atoms with E-state index in [2.05, 4.69) is 15.8 Å². The Balaban J connectivity index is 1.74. The molecule has 5 nitrogen and oxygen atoms in total. The Morgan fingerprint density at radius 1 is 1.23 bits per heavy atom. The van der Waals surface area contributed by atoms with Gasteiger partial charge >= 0.3 is 0 Å². The maximum atomic E-state index is 5.49. The summed E-state index contributed by atoms with van der Waals surface area (Å²) in [5, 5.41) is 4.71. The van der Waals surface area contributed by atoms with Crippen molar-refractivity contribution < 1.29 is 9.47 Å².